The van der Waals surface area contributed by atoms with Crippen LogP contribution in [-0.2, 0) is 5.11 Å². The Labute approximate surface area is 165 Å². The van der Waals surface area contributed by atoms with Gasteiger partial charge in [0.15, 0.2) is 17.2 Å². The number of para-hydroxylation sites is 1. The number of nitrogens with zero attached hydrogens (tertiary/aromatic N) is 1. The van der Waals surface area contributed by atoms with Crippen molar-refractivity contribution in [3.63, 3.8) is 0 Å². The van der Waals surface area contributed by atoms with Gasteiger partial charge in [0.2, 0.25) is 5.75 Å². The van der Waals surface area contributed by atoms with E-state index >= 15 is 0 Å². The molecule has 28 heavy (non-hydrogen) atoms. The van der Waals surface area contributed by atoms with E-state index in [4.69, 9.17) is 14.3 Å². The SMILES string of the molecule is COc1cccc(ON2CCC(c3cc([O])cc4ccccc34)CC2)c1OC. The Bertz CT molecular complexity index is 964. The molecule has 4 rings (SSSR count). The number of rotatable bonds is 5. The van der Waals surface area contributed by atoms with Gasteiger partial charge >= 0.3 is 0 Å². The second-order valence-electron chi connectivity index (χ2n) is 7.02. The molecule has 1 saturated heterocycles. The fourth-order valence-corrected chi connectivity index (χ4v) is 3.98. The van der Waals surface area contributed by atoms with Gasteiger partial charge < -0.3 is 14.3 Å². The van der Waals surface area contributed by atoms with Gasteiger partial charge in [-0.3, -0.25) is 5.11 Å². The van der Waals surface area contributed by atoms with E-state index in [2.05, 4.69) is 6.07 Å². The lowest BCUT2D eigenvalue weighted by Crippen LogP contribution is -2.35. The van der Waals surface area contributed by atoms with Crippen molar-refractivity contribution in [2.45, 2.75) is 18.8 Å². The number of piperidine rings is 1. The normalized spacial score (nSPS) is 15.5. The fraction of sp³-hybridized carbons (Fsp3) is 0.304. The molecule has 0 unspecified atom stereocenters. The lowest BCUT2D eigenvalue weighted by molar-refractivity contribution is -0.0772. The first-order valence-corrected chi connectivity index (χ1v) is 9.53. The highest BCUT2D eigenvalue weighted by atomic mass is 16.7. The van der Waals surface area contributed by atoms with E-state index in [0.717, 1.165) is 36.9 Å². The third-order valence-electron chi connectivity index (χ3n) is 5.36. The summed E-state index contributed by atoms with van der Waals surface area (Å²) in [4.78, 5) is 6.08. The average Bonchev–Trinajstić information content (AvgIpc) is 2.73. The van der Waals surface area contributed by atoms with E-state index < -0.39 is 0 Å². The summed E-state index contributed by atoms with van der Waals surface area (Å²) in [7, 11) is 3.22. The monoisotopic (exact) mass is 378 g/mol. The molecule has 5 nitrogen and oxygen atoms in total. The predicted octanol–water partition coefficient (Wildman–Crippen LogP) is 5.17. The first kappa shape index (κ1) is 18.4. The minimum Gasteiger partial charge on any atom is -0.493 e. The Morgan fingerprint density at radius 3 is 2.39 bits per heavy atom. The maximum atomic E-state index is 12.1. The van der Waals surface area contributed by atoms with E-state index in [1.54, 1.807) is 26.4 Å². The van der Waals surface area contributed by atoms with E-state index in [0.29, 0.717) is 23.2 Å². The molecule has 3 aromatic rings. The van der Waals surface area contributed by atoms with Crippen LogP contribution >= 0.6 is 0 Å². The van der Waals surface area contributed by atoms with Crippen LogP contribution in [-0.4, -0.2) is 32.4 Å². The first-order valence-electron chi connectivity index (χ1n) is 9.53. The zero-order valence-corrected chi connectivity index (χ0v) is 16.2. The van der Waals surface area contributed by atoms with Crippen LogP contribution in [0.25, 0.3) is 10.8 Å². The molecule has 0 atom stereocenters. The topological polar surface area (TPSA) is 50.8 Å². The molecule has 0 N–H and O–H groups in total. The van der Waals surface area contributed by atoms with Crippen LogP contribution in [0, 0.1) is 0 Å². The summed E-state index contributed by atoms with van der Waals surface area (Å²) in [6.45, 7) is 1.56. The average molecular weight is 378 g/mol. The Hall–Kier alpha value is -2.92. The van der Waals surface area contributed by atoms with Gasteiger partial charge in [-0.2, -0.15) is 0 Å². The van der Waals surface area contributed by atoms with Crippen molar-refractivity contribution in [3.8, 4) is 23.0 Å². The molecule has 1 aliphatic rings. The number of benzene rings is 3. The highest BCUT2D eigenvalue weighted by Crippen LogP contribution is 2.39. The standard InChI is InChI=1S/C23H24NO4/c1-26-21-8-5-9-22(23(21)27-2)28-24-12-10-16(11-13-24)20-15-18(25)14-17-6-3-4-7-19(17)20/h3-9,14-16H,10-13H2,1-2H3. The van der Waals surface area contributed by atoms with Crippen LogP contribution in [0.4, 0.5) is 0 Å². The van der Waals surface area contributed by atoms with Gasteiger partial charge in [-0.05, 0) is 59.4 Å². The summed E-state index contributed by atoms with van der Waals surface area (Å²) < 4.78 is 10.8. The van der Waals surface area contributed by atoms with Crippen LogP contribution in [0.3, 0.4) is 0 Å². The van der Waals surface area contributed by atoms with Crippen molar-refractivity contribution in [3.05, 3.63) is 60.2 Å². The maximum absolute atomic E-state index is 12.1. The Kier molecular flexibility index (Phi) is 5.26. The van der Waals surface area contributed by atoms with Crippen molar-refractivity contribution < 1.29 is 19.4 Å². The predicted molar refractivity (Wildman–Crippen MR) is 108 cm³/mol. The zero-order chi connectivity index (χ0) is 19.5. The molecule has 5 heteroatoms. The van der Waals surface area contributed by atoms with Crippen molar-refractivity contribution in [1.82, 2.24) is 5.06 Å². The third-order valence-corrected chi connectivity index (χ3v) is 5.36. The lowest BCUT2D eigenvalue weighted by Gasteiger charge is -2.32. The third kappa shape index (κ3) is 3.58. The van der Waals surface area contributed by atoms with Crippen molar-refractivity contribution >= 4 is 10.8 Å². The molecule has 0 amide bonds. The van der Waals surface area contributed by atoms with Crippen LogP contribution in [0.15, 0.2) is 54.6 Å². The molecule has 145 valence electrons. The number of hydroxylamine groups is 2. The van der Waals surface area contributed by atoms with E-state index in [1.807, 2.05) is 41.5 Å². The van der Waals surface area contributed by atoms with E-state index in [1.165, 1.54) is 5.39 Å². The molecule has 3 aromatic carbocycles. The second kappa shape index (κ2) is 7.98. The largest absolute Gasteiger partial charge is 0.493 e. The molecule has 0 aromatic heterocycles. The van der Waals surface area contributed by atoms with E-state index in [-0.39, 0.29) is 5.75 Å². The molecule has 1 heterocycles. The zero-order valence-electron chi connectivity index (χ0n) is 16.2. The van der Waals surface area contributed by atoms with Gasteiger partial charge in [0, 0.05) is 13.1 Å². The number of hydrogen-bond donors (Lipinski definition) is 0. The van der Waals surface area contributed by atoms with Gasteiger partial charge in [-0.25, -0.2) is 0 Å². The summed E-state index contributed by atoms with van der Waals surface area (Å²) >= 11 is 0. The summed E-state index contributed by atoms with van der Waals surface area (Å²) in [6, 6.07) is 17.2. The molecule has 0 bridgehead atoms. The number of methoxy groups -OCH3 is 2. The summed E-state index contributed by atoms with van der Waals surface area (Å²) in [5, 5.41) is 16.3. The summed E-state index contributed by atoms with van der Waals surface area (Å²) in [5.41, 5.74) is 1.15. The molecule has 0 saturated carbocycles. The van der Waals surface area contributed by atoms with Gasteiger partial charge in [0.05, 0.1) is 14.2 Å². The number of hydrogen-bond acceptors (Lipinski definition) is 4. The molecule has 1 radical (unpaired) electrons. The van der Waals surface area contributed by atoms with Crippen molar-refractivity contribution in [2.75, 3.05) is 27.3 Å². The van der Waals surface area contributed by atoms with Gasteiger partial charge in [0.25, 0.3) is 0 Å². The van der Waals surface area contributed by atoms with Crippen molar-refractivity contribution in [1.29, 1.82) is 0 Å². The molecule has 0 aliphatic carbocycles. The van der Waals surface area contributed by atoms with Gasteiger partial charge in [0.1, 0.15) is 0 Å². The molecular formula is C23H24NO4. The quantitative estimate of drug-likeness (QED) is 0.614. The first-order chi connectivity index (χ1) is 13.7. The van der Waals surface area contributed by atoms with Crippen LogP contribution in [0.1, 0.15) is 24.3 Å². The minimum absolute atomic E-state index is 0.0773. The maximum Gasteiger partial charge on any atom is 0.205 e. The molecule has 1 aliphatic heterocycles. The second-order valence-corrected chi connectivity index (χ2v) is 7.02. The number of ether oxygens (including phenoxy) is 2. The summed E-state index contributed by atoms with van der Waals surface area (Å²) in [6.07, 6.45) is 1.86. The van der Waals surface area contributed by atoms with Crippen molar-refractivity contribution in [2.24, 2.45) is 0 Å². The van der Waals surface area contributed by atoms with Gasteiger partial charge in [-0.15, -0.1) is 5.06 Å². The molecule has 1 fully saturated rings. The Balaban J connectivity index is 1.49. The Morgan fingerprint density at radius 2 is 1.64 bits per heavy atom. The van der Waals surface area contributed by atoms with Crippen LogP contribution < -0.4 is 14.3 Å². The summed E-state index contributed by atoms with van der Waals surface area (Å²) in [5.74, 6) is 2.32. The highest BCUT2D eigenvalue weighted by Gasteiger charge is 2.25. The molecular weight excluding hydrogens is 354 g/mol. The fourth-order valence-electron chi connectivity index (χ4n) is 3.98. The van der Waals surface area contributed by atoms with Gasteiger partial charge in [-0.1, -0.05) is 30.3 Å². The highest BCUT2D eigenvalue weighted by molar-refractivity contribution is 5.87. The molecule has 0 spiro atoms. The number of fused-ring (bicyclic) bond motifs is 1. The van der Waals surface area contributed by atoms with Crippen LogP contribution in [0.5, 0.6) is 23.0 Å². The lowest BCUT2D eigenvalue weighted by atomic mass is 9.86. The smallest absolute Gasteiger partial charge is 0.205 e. The van der Waals surface area contributed by atoms with Crippen LogP contribution in [0.2, 0.25) is 0 Å². The minimum atomic E-state index is 0.0773. The Morgan fingerprint density at radius 1 is 0.893 bits per heavy atom. The van der Waals surface area contributed by atoms with E-state index in [9.17, 15) is 5.11 Å².